The molecule has 1 aromatic carbocycles. The second-order valence-electron chi connectivity index (χ2n) is 7.49. The van der Waals surface area contributed by atoms with E-state index in [1.807, 2.05) is 4.68 Å². The number of quaternary nitrogens is 1. The van der Waals surface area contributed by atoms with Crippen LogP contribution in [-0.4, -0.2) is 61.4 Å². The highest BCUT2D eigenvalue weighted by atomic mass is 32.1. The van der Waals surface area contributed by atoms with Crippen LogP contribution in [0.3, 0.4) is 0 Å². The van der Waals surface area contributed by atoms with E-state index in [2.05, 4.69) is 28.5 Å². The molecule has 2 aliphatic rings. The number of nitrogens with zero attached hydrogens (tertiary/aromatic N) is 4. The zero-order valence-corrected chi connectivity index (χ0v) is 18.3. The molecule has 4 rings (SSSR count). The zero-order valence-electron chi connectivity index (χ0n) is 17.4. The molecule has 9 heteroatoms. The standard InChI is InChI=1S/C20H29N5O3S/c1-4-24-19(23-7-9-28-10-8-23)21-25(20(24)29)14-22-6-5-15-11-17(26-2)18(27-3)12-16(15)13-22/h11-12H,4-10,13-14H2,1-3H3/p+1. The smallest absolute Gasteiger partial charge is 0.226 e. The predicted octanol–water partition coefficient (Wildman–Crippen LogP) is 0.886. The highest BCUT2D eigenvalue weighted by molar-refractivity contribution is 7.71. The molecule has 1 atom stereocenters. The molecule has 158 valence electrons. The van der Waals surface area contributed by atoms with E-state index in [-0.39, 0.29) is 0 Å². The Hall–Kier alpha value is -2.10. The maximum atomic E-state index is 5.76. The Bertz CT molecular complexity index is 920. The molecule has 0 bridgehead atoms. The summed E-state index contributed by atoms with van der Waals surface area (Å²) in [6.07, 6.45) is 1.00. The molecule has 0 amide bonds. The van der Waals surface area contributed by atoms with Crippen molar-refractivity contribution in [1.82, 2.24) is 14.3 Å². The van der Waals surface area contributed by atoms with Crippen LogP contribution < -0.4 is 19.3 Å². The number of anilines is 1. The van der Waals surface area contributed by atoms with E-state index in [1.54, 1.807) is 14.2 Å². The number of methoxy groups -OCH3 is 2. The van der Waals surface area contributed by atoms with Gasteiger partial charge in [-0.1, -0.05) is 0 Å². The third kappa shape index (κ3) is 3.99. The lowest BCUT2D eigenvalue weighted by molar-refractivity contribution is -0.939. The zero-order chi connectivity index (χ0) is 20.4. The summed E-state index contributed by atoms with van der Waals surface area (Å²) in [7, 11) is 3.37. The van der Waals surface area contributed by atoms with E-state index >= 15 is 0 Å². The lowest BCUT2D eigenvalue weighted by Gasteiger charge is -2.27. The van der Waals surface area contributed by atoms with Crippen molar-refractivity contribution < 1.29 is 19.1 Å². The van der Waals surface area contributed by atoms with E-state index in [0.717, 1.165) is 81.2 Å². The van der Waals surface area contributed by atoms with Crippen molar-refractivity contribution in [2.24, 2.45) is 0 Å². The summed E-state index contributed by atoms with van der Waals surface area (Å²) in [6, 6.07) is 4.22. The molecule has 0 aliphatic carbocycles. The molecule has 0 spiro atoms. The lowest BCUT2D eigenvalue weighted by Crippen LogP contribution is -3.11. The van der Waals surface area contributed by atoms with Gasteiger partial charge in [0.05, 0.1) is 34.0 Å². The van der Waals surface area contributed by atoms with Gasteiger partial charge in [-0.15, -0.1) is 5.10 Å². The number of hydrogen-bond donors (Lipinski definition) is 1. The topological polar surface area (TPSA) is 58.1 Å². The molecular weight excluding hydrogens is 390 g/mol. The molecule has 1 unspecified atom stereocenters. The normalized spacial score (nSPS) is 19.1. The Kier molecular flexibility index (Phi) is 6.07. The molecule has 0 saturated carbocycles. The molecule has 29 heavy (non-hydrogen) atoms. The van der Waals surface area contributed by atoms with E-state index in [9.17, 15) is 0 Å². The number of rotatable bonds is 6. The molecule has 2 aliphatic heterocycles. The first kappa shape index (κ1) is 20.2. The lowest BCUT2D eigenvalue weighted by atomic mass is 9.99. The third-order valence-corrected chi connectivity index (χ3v) is 6.21. The Morgan fingerprint density at radius 3 is 2.48 bits per heavy atom. The van der Waals surface area contributed by atoms with Crippen LogP contribution in [0, 0.1) is 4.77 Å². The maximum Gasteiger partial charge on any atom is 0.226 e. The van der Waals surface area contributed by atoms with Crippen molar-refractivity contribution in [2.45, 2.75) is 33.1 Å². The molecule has 1 aromatic heterocycles. The van der Waals surface area contributed by atoms with Gasteiger partial charge in [-0.05, 0) is 36.8 Å². The Labute approximate surface area is 176 Å². The monoisotopic (exact) mass is 420 g/mol. The average Bonchev–Trinajstić information content (AvgIpc) is 3.08. The van der Waals surface area contributed by atoms with Crippen LogP contribution in [0.5, 0.6) is 11.5 Å². The number of aromatic nitrogens is 3. The summed E-state index contributed by atoms with van der Waals surface area (Å²) in [5.74, 6) is 2.55. The van der Waals surface area contributed by atoms with Gasteiger partial charge < -0.3 is 24.0 Å². The van der Waals surface area contributed by atoms with Gasteiger partial charge in [-0.2, -0.15) is 4.68 Å². The number of nitrogens with one attached hydrogen (secondary N) is 1. The molecule has 8 nitrogen and oxygen atoms in total. The van der Waals surface area contributed by atoms with E-state index < -0.39 is 0 Å². The largest absolute Gasteiger partial charge is 0.493 e. The van der Waals surface area contributed by atoms with Crippen LogP contribution in [0.2, 0.25) is 0 Å². The summed E-state index contributed by atoms with van der Waals surface area (Å²) < 4.78 is 21.3. The van der Waals surface area contributed by atoms with Crippen LogP contribution in [0.4, 0.5) is 5.95 Å². The highest BCUT2D eigenvalue weighted by Gasteiger charge is 2.25. The molecule has 1 N–H and O–H groups in total. The second-order valence-corrected chi connectivity index (χ2v) is 7.85. The molecule has 3 heterocycles. The quantitative estimate of drug-likeness (QED) is 0.701. The SMILES string of the molecule is CCn1c(N2CCOCC2)nn(C[NH+]2CCc3cc(OC)c(OC)cc3C2)c1=S. The van der Waals surface area contributed by atoms with E-state index in [0.29, 0.717) is 0 Å². The predicted molar refractivity (Wildman–Crippen MR) is 113 cm³/mol. The van der Waals surface area contributed by atoms with Gasteiger partial charge in [0, 0.05) is 31.6 Å². The summed E-state index contributed by atoms with van der Waals surface area (Å²) >= 11 is 5.76. The summed E-state index contributed by atoms with van der Waals surface area (Å²) in [5.41, 5.74) is 2.64. The van der Waals surface area contributed by atoms with Crippen molar-refractivity contribution >= 4 is 18.2 Å². The third-order valence-electron chi connectivity index (χ3n) is 5.78. The van der Waals surface area contributed by atoms with Crippen molar-refractivity contribution in [3.8, 4) is 11.5 Å². The number of ether oxygens (including phenoxy) is 3. The van der Waals surface area contributed by atoms with Crippen LogP contribution in [-0.2, 0) is 30.9 Å². The van der Waals surface area contributed by atoms with Gasteiger partial charge in [0.2, 0.25) is 10.7 Å². The van der Waals surface area contributed by atoms with Crippen molar-refractivity contribution in [3.05, 3.63) is 28.0 Å². The van der Waals surface area contributed by atoms with Crippen LogP contribution in [0.1, 0.15) is 18.1 Å². The maximum absolute atomic E-state index is 5.76. The Balaban J connectivity index is 1.54. The van der Waals surface area contributed by atoms with Gasteiger partial charge in [0.15, 0.2) is 18.2 Å². The molecule has 0 radical (unpaired) electrons. The number of fused-ring (bicyclic) bond motifs is 1. The summed E-state index contributed by atoms with van der Waals surface area (Å²) in [5, 5.41) is 4.90. The van der Waals surface area contributed by atoms with Crippen molar-refractivity contribution in [2.75, 3.05) is 52.0 Å². The fraction of sp³-hybridized carbons (Fsp3) is 0.600. The minimum absolute atomic E-state index is 0.739. The summed E-state index contributed by atoms with van der Waals surface area (Å²) in [6.45, 7) is 8.85. The molecule has 1 saturated heterocycles. The second kappa shape index (κ2) is 8.73. The first-order valence-corrected chi connectivity index (χ1v) is 10.6. The van der Waals surface area contributed by atoms with Crippen LogP contribution >= 0.6 is 12.2 Å². The van der Waals surface area contributed by atoms with Gasteiger partial charge in [-0.25, -0.2) is 0 Å². The van der Waals surface area contributed by atoms with Gasteiger partial charge in [-0.3, -0.25) is 4.57 Å². The van der Waals surface area contributed by atoms with E-state index in [1.165, 1.54) is 16.0 Å². The van der Waals surface area contributed by atoms with Crippen molar-refractivity contribution in [3.63, 3.8) is 0 Å². The number of benzene rings is 1. The minimum Gasteiger partial charge on any atom is -0.493 e. The fourth-order valence-corrected chi connectivity index (χ4v) is 4.50. The van der Waals surface area contributed by atoms with Crippen LogP contribution in [0.15, 0.2) is 12.1 Å². The van der Waals surface area contributed by atoms with Crippen LogP contribution in [0.25, 0.3) is 0 Å². The Morgan fingerprint density at radius 2 is 1.83 bits per heavy atom. The van der Waals surface area contributed by atoms with Crippen molar-refractivity contribution in [1.29, 1.82) is 0 Å². The first-order chi connectivity index (χ1) is 14.1. The van der Waals surface area contributed by atoms with E-state index in [4.69, 9.17) is 31.5 Å². The Morgan fingerprint density at radius 1 is 1.14 bits per heavy atom. The first-order valence-electron chi connectivity index (χ1n) is 10.2. The molecule has 2 aromatic rings. The summed E-state index contributed by atoms with van der Waals surface area (Å²) in [4.78, 5) is 3.71. The molecule has 1 fully saturated rings. The number of morpholine rings is 1. The van der Waals surface area contributed by atoms with Gasteiger partial charge in [0.1, 0.15) is 6.54 Å². The average molecular weight is 421 g/mol. The fourth-order valence-electron chi connectivity index (χ4n) is 4.18. The number of hydrogen-bond acceptors (Lipinski definition) is 6. The molecular formula is C20H30N5O3S+. The minimum atomic E-state index is 0.739. The highest BCUT2D eigenvalue weighted by Crippen LogP contribution is 2.31. The van der Waals surface area contributed by atoms with Gasteiger partial charge in [0.25, 0.3) is 0 Å². The van der Waals surface area contributed by atoms with Gasteiger partial charge >= 0.3 is 0 Å².